The molecular formula is C21H25F2N3O2. The number of para-hydroxylation sites is 1. The van der Waals surface area contributed by atoms with Crippen LogP contribution in [0, 0.1) is 24.5 Å². The maximum atomic E-state index is 14.1. The number of carbonyl (C=O) groups excluding carboxylic acids is 1. The van der Waals surface area contributed by atoms with E-state index in [0.29, 0.717) is 30.3 Å². The molecule has 28 heavy (non-hydrogen) atoms. The first-order chi connectivity index (χ1) is 13.4. The van der Waals surface area contributed by atoms with Gasteiger partial charge in [-0.15, -0.1) is 0 Å². The zero-order chi connectivity index (χ0) is 20.3. The fourth-order valence-electron chi connectivity index (χ4n) is 3.51. The molecule has 2 atom stereocenters. The van der Waals surface area contributed by atoms with Crippen LogP contribution in [0.4, 0.5) is 14.6 Å². The predicted molar refractivity (Wildman–Crippen MR) is 104 cm³/mol. The van der Waals surface area contributed by atoms with Crippen molar-refractivity contribution < 1.29 is 18.3 Å². The van der Waals surface area contributed by atoms with Crippen molar-refractivity contribution in [1.29, 1.82) is 0 Å². The number of Topliss-reactive ketones (excluding diaryl/α,β-unsaturated/α-hetero) is 1. The van der Waals surface area contributed by atoms with Crippen molar-refractivity contribution in [2.24, 2.45) is 5.92 Å². The number of methoxy groups -OCH3 is 1. The number of pyridine rings is 1. The minimum absolute atomic E-state index is 0.0527. The van der Waals surface area contributed by atoms with Gasteiger partial charge in [-0.05, 0) is 56.0 Å². The number of aryl methyl sites for hydroxylation is 1. The van der Waals surface area contributed by atoms with Crippen LogP contribution in [-0.4, -0.2) is 36.5 Å². The molecule has 0 saturated carbocycles. The molecule has 1 aliphatic rings. The van der Waals surface area contributed by atoms with Crippen LogP contribution in [0.1, 0.15) is 35.7 Å². The molecule has 1 aromatic carbocycles. The highest BCUT2D eigenvalue weighted by Crippen LogP contribution is 2.32. The summed E-state index contributed by atoms with van der Waals surface area (Å²) < 4.78 is 32.8. The summed E-state index contributed by atoms with van der Waals surface area (Å²) in [5.74, 6) is -0.328. The average molecular weight is 389 g/mol. The van der Waals surface area contributed by atoms with Gasteiger partial charge in [0, 0.05) is 6.54 Å². The number of hydrogen-bond donors (Lipinski definition) is 2. The van der Waals surface area contributed by atoms with Crippen LogP contribution >= 0.6 is 0 Å². The van der Waals surface area contributed by atoms with Crippen molar-refractivity contribution in [3.8, 4) is 5.75 Å². The largest absolute Gasteiger partial charge is 0.493 e. The molecule has 7 heteroatoms. The van der Waals surface area contributed by atoms with Crippen molar-refractivity contribution in [1.82, 2.24) is 10.3 Å². The summed E-state index contributed by atoms with van der Waals surface area (Å²) in [5.41, 5.74) is -0.262. The van der Waals surface area contributed by atoms with E-state index in [4.69, 9.17) is 4.74 Å². The van der Waals surface area contributed by atoms with Gasteiger partial charge in [-0.1, -0.05) is 13.0 Å². The van der Waals surface area contributed by atoms with E-state index >= 15 is 0 Å². The molecule has 2 aromatic rings. The zero-order valence-corrected chi connectivity index (χ0v) is 16.3. The van der Waals surface area contributed by atoms with Crippen molar-refractivity contribution in [2.45, 2.75) is 32.2 Å². The second-order valence-electron chi connectivity index (χ2n) is 7.43. The highest BCUT2D eigenvalue weighted by atomic mass is 19.1. The number of rotatable bonds is 6. The molecule has 1 aromatic heterocycles. The molecule has 0 radical (unpaired) electrons. The third-order valence-electron chi connectivity index (χ3n) is 5.32. The molecule has 0 spiro atoms. The van der Waals surface area contributed by atoms with Crippen LogP contribution < -0.4 is 15.4 Å². The summed E-state index contributed by atoms with van der Waals surface area (Å²) in [5, 5.41) is 6.50. The Balaban J connectivity index is 1.91. The average Bonchev–Trinajstić information content (AvgIpc) is 2.69. The van der Waals surface area contributed by atoms with Gasteiger partial charge in [-0.2, -0.15) is 0 Å². The molecule has 3 rings (SSSR count). The second kappa shape index (κ2) is 8.22. The van der Waals surface area contributed by atoms with Crippen LogP contribution in [0.5, 0.6) is 5.75 Å². The number of ether oxygens (including phenoxy) is 1. The molecule has 0 aliphatic carbocycles. The van der Waals surface area contributed by atoms with Gasteiger partial charge >= 0.3 is 0 Å². The third kappa shape index (κ3) is 3.99. The molecule has 2 heterocycles. The fourth-order valence-corrected chi connectivity index (χ4v) is 3.51. The Morgan fingerprint density at radius 2 is 2.18 bits per heavy atom. The lowest BCUT2D eigenvalue weighted by Gasteiger charge is -2.39. The number of nitrogens with one attached hydrogen (secondary N) is 2. The van der Waals surface area contributed by atoms with Gasteiger partial charge < -0.3 is 15.4 Å². The number of hydrogen-bond acceptors (Lipinski definition) is 5. The van der Waals surface area contributed by atoms with Gasteiger partial charge in [-0.25, -0.2) is 13.8 Å². The molecule has 150 valence electrons. The van der Waals surface area contributed by atoms with E-state index in [9.17, 15) is 13.6 Å². The van der Waals surface area contributed by atoms with Gasteiger partial charge in [0.1, 0.15) is 11.6 Å². The number of benzene rings is 1. The summed E-state index contributed by atoms with van der Waals surface area (Å²) in [4.78, 5) is 17.5. The van der Waals surface area contributed by atoms with E-state index in [1.807, 2.05) is 0 Å². The van der Waals surface area contributed by atoms with Crippen molar-refractivity contribution in [2.75, 3.05) is 25.5 Å². The lowest BCUT2D eigenvalue weighted by Crippen LogP contribution is -2.60. The van der Waals surface area contributed by atoms with Gasteiger partial charge in [0.2, 0.25) is 0 Å². The number of halogens is 2. The summed E-state index contributed by atoms with van der Waals surface area (Å²) >= 11 is 0. The Kier molecular flexibility index (Phi) is 5.93. The molecule has 2 N–H and O–H groups in total. The molecule has 1 saturated heterocycles. The molecule has 0 unspecified atom stereocenters. The van der Waals surface area contributed by atoms with Gasteiger partial charge in [0.05, 0.1) is 24.4 Å². The molecule has 0 amide bonds. The predicted octanol–water partition coefficient (Wildman–Crippen LogP) is 3.73. The molecule has 1 fully saturated rings. The highest BCUT2D eigenvalue weighted by Gasteiger charge is 2.42. The SMILES string of the molecule is COc1c(F)cccc1C(=O)[C@@]1(CNc2cc(C)c(F)cn2)CC[C@H](C)CN1. The van der Waals surface area contributed by atoms with Crippen LogP contribution in [0.15, 0.2) is 30.5 Å². The Hall–Kier alpha value is -2.54. The topological polar surface area (TPSA) is 63.2 Å². The van der Waals surface area contributed by atoms with E-state index in [2.05, 4.69) is 22.5 Å². The highest BCUT2D eigenvalue weighted by molar-refractivity contribution is 6.06. The first-order valence-electron chi connectivity index (χ1n) is 9.34. The van der Waals surface area contributed by atoms with Gasteiger partial charge in [0.15, 0.2) is 17.3 Å². The van der Waals surface area contributed by atoms with Gasteiger partial charge in [0.25, 0.3) is 0 Å². The number of ketones is 1. The Morgan fingerprint density at radius 3 is 2.82 bits per heavy atom. The zero-order valence-electron chi connectivity index (χ0n) is 16.3. The van der Waals surface area contributed by atoms with Crippen molar-refractivity contribution in [3.05, 3.63) is 53.2 Å². The monoisotopic (exact) mass is 389 g/mol. The number of nitrogens with zero attached hydrogens (tertiary/aromatic N) is 1. The maximum absolute atomic E-state index is 14.1. The van der Waals surface area contributed by atoms with Crippen molar-refractivity contribution in [3.63, 3.8) is 0 Å². The van der Waals surface area contributed by atoms with Gasteiger partial charge in [-0.3, -0.25) is 4.79 Å². The van der Waals surface area contributed by atoms with E-state index in [0.717, 1.165) is 12.6 Å². The quantitative estimate of drug-likeness (QED) is 0.737. The Bertz CT molecular complexity index is 865. The fraction of sp³-hybridized carbons (Fsp3) is 0.429. The van der Waals surface area contributed by atoms with E-state index in [1.54, 1.807) is 19.1 Å². The standard InChI is InChI=1S/C21H25F2N3O2/c1-13-7-8-21(26-10-13,12-25-18-9-14(2)17(23)11-24-18)20(27)15-5-4-6-16(22)19(15)28-3/h4-6,9,11,13,26H,7-8,10,12H2,1-3H3,(H,24,25)/t13-,21-/m0/s1. The third-order valence-corrected chi connectivity index (χ3v) is 5.32. The number of anilines is 1. The van der Waals surface area contributed by atoms with Crippen LogP contribution in [0.25, 0.3) is 0 Å². The second-order valence-corrected chi connectivity index (χ2v) is 7.43. The number of piperidine rings is 1. The van der Waals surface area contributed by atoms with E-state index in [-0.39, 0.29) is 29.5 Å². The van der Waals surface area contributed by atoms with Crippen LogP contribution in [0.3, 0.4) is 0 Å². The smallest absolute Gasteiger partial charge is 0.188 e. The normalized spacial score (nSPS) is 22.0. The minimum Gasteiger partial charge on any atom is -0.493 e. The molecular weight excluding hydrogens is 364 g/mol. The number of aromatic nitrogens is 1. The van der Waals surface area contributed by atoms with Crippen LogP contribution in [0.2, 0.25) is 0 Å². The van der Waals surface area contributed by atoms with Crippen molar-refractivity contribution >= 4 is 11.6 Å². The first-order valence-corrected chi connectivity index (χ1v) is 9.34. The first kappa shape index (κ1) is 20.2. The molecule has 5 nitrogen and oxygen atoms in total. The lowest BCUT2D eigenvalue weighted by atomic mass is 9.79. The maximum Gasteiger partial charge on any atom is 0.188 e. The summed E-state index contributed by atoms with van der Waals surface area (Å²) in [6, 6.07) is 5.94. The summed E-state index contributed by atoms with van der Waals surface area (Å²) in [6.45, 7) is 4.68. The Labute approximate surface area is 163 Å². The van der Waals surface area contributed by atoms with Crippen LogP contribution in [-0.2, 0) is 0 Å². The van der Waals surface area contributed by atoms with E-state index < -0.39 is 11.4 Å². The molecule has 0 bridgehead atoms. The Morgan fingerprint density at radius 1 is 1.39 bits per heavy atom. The molecule has 1 aliphatic heterocycles. The number of carbonyl (C=O) groups is 1. The summed E-state index contributed by atoms with van der Waals surface area (Å²) in [6.07, 6.45) is 2.59. The lowest BCUT2D eigenvalue weighted by molar-refractivity contribution is 0.0802. The summed E-state index contributed by atoms with van der Waals surface area (Å²) in [7, 11) is 1.35. The minimum atomic E-state index is -0.933. The van der Waals surface area contributed by atoms with E-state index in [1.165, 1.54) is 19.2 Å².